The van der Waals surface area contributed by atoms with Gasteiger partial charge in [-0.05, 0) is 24.7 Å². The summed E-state index contributed by atoms with van der Waals surface area (Å²) in [6, 6.07) is 0. The number of carbonyl (C=O) groups is 2. The van der Waals surface area contributed by atoms with Crippen molar-refractivity contribution in [2.45, 2.75) is 50.5 Å². The number of rotatable bonds is 3. The predicted molar refractivity (Wildman–Crippen MR) is 67.6 cm³/mol. The number of carboxylic acid groups (broad SMARTS) is 1. The van der Waals surface area contributed by atoms with Crippen LogP contribution in [0.25, 0.3) is 0 Å². The molecule has 1 aliphatic heterocycles. The van der Waals surface area contributed by atoms with Gasteiger partial charge in [-0.3, -0.25) is 4.79 Å². The molecule has 5 heteroatoms. The lowest BCUT2D eigenvalue weighted by Gasteiger charge is -2.34. The maximum atomic E-state index is 12.3. The van der Waals surface area contributed by atoms with Crippen molar-refractivity contribution in [3.63, 3.8) is 0 Å². The zero-order valence-corrected chi connectivity index (χ0v) is 11.1. The molecule has 1 spiro atoms. The molecule has 2 saturated carbocycles. The Hall–Kier alpha value is -1.10. The lowest BCUT2D eigenvalue weighted by molar-refractivity contribution is -0.152. The van der Waals surface area contributed by atoms with Crippen molar-refractivity contribution in [2.24, 2.45) is 11.3 Å². The van der Waals surface area contributed by atoms with E-state index in [0.717, 1.165) is 19.3 Å². The summed E-state index contributed by atoms with van der Waals surface area (Å²) in [4.78, 5) is 23.8. The molecule has 19 heavy (non-hydrogen) atoms. The monoisotopic (exact) mass is 267 g/mol. The zero-order valence-electron chi connectivity index (χ0n) is 11.1. The van der Waals surface area contributed by atoms with Gasteiger partial charge in [0.15, 0.2) is 0 Å². The van der Waals surface area contributed by atoms with Gasteiger partial charge >= 0.3 is 5.97 Å². The Labute approximate surface area is 112 Å². The Morgan fingerprint density at radius 2 is 1.74 bits per heavy atom. The molecule has 5 nitrogen and oxygen atoms in total. The fourth-order valence-corrected chi connectivity index (χ4v) is 3.79. The molecule has 3 rings (SSSR count). The smallest absolute Gasteiger partial charge is 0.329 e. The Balaban J connectivity index is 1.66. The van der Waals surface area contributed by atoms with Gasteiger partial charge in [0.25, 0.3) is 0 Å². The molecule has 1 unspecified atom stereocenters. The van der Waals surface area contributed by atoms with Crippen molar-refractivity contribution in [3.05, 3.63) is 0 Å². The van der Waals surface area contributed by atoms with Crippen LogP contribution in [0.4, 0.5) is 0 Å². The van der Waals surface area contributed by atoms with Crippen molar-refractivity contribution in [1.82, 2.24) is 5.32 Å². The molecule has 106 valence electrons. The molecule has 2 N–H and O–H groups in total. The van der Waals surface area contributed by atoms with Crippen molar-refractivity contribution in [1.29, 1.82) is 0 Å². The van der Waals surface area contributed by atoms with Crippen LogP contribution in [-0.2, 0) is 14.3 Å². The van der Waals surface area contributed by atoms with E-state index in [0.29, 0.717) is 26.1 Å². The van der Waals surface area contributed by atoms with Gasteiger partial charge in [-0.2, -0.15) is 0 Å². The summed E-state index contributed by atoms with van der Waals surface area (Å²) in [5, 5.41) is 12.3. The second-order valence-electron chi connectivity index (χ2n) is 6.32. The van der Waals surface area contributed by atoms with E-state index in [2.05, 4.69) is 5.32 Å². The Morgan fingerprint density at radius 3 is 2.32 bits per heavy atom. The number of carboxylic acids is 1. The molecular weight excluding hydrogens is 246 g/mol. The molecule has 1 atom stereocenters. The summed E-state index contributed by atoms with van der Waals surface area (Å²) in [5.74, 6) is -0.925. The highest BCUT2D eigenvalue weighted by molar-refractivity contribution is 5.90. The van der Waals surface area contributed by atoms with Crippen LogP contribution in [0.15, 0.2) is 0 Å². The second-order valence-corrected chi connectivity index (χ2v) is 6.32. The summed E-state index contributed by atoms with van der Waals surface area (Å²) in [5.41, 5.74) is -0.882. The first kappa shape index (κ1) is 12.9. The molecule has 1 saturated heterocycles. The number of aliphatic carboxylic acids is 1. The molecular formula is C14H21NO4. The molecule has 0 bridgehead atoms. The summed E-state index contributed by atoms with van der Waals surface area (Å²) >= 11 is 0. The van der Waals surface area contributed by atoms with Crippen molar-refractivity contribution in [2.75, 3.05) is 13.2 Å². The minimum Gasteiger partial charge on any atom is -0.480 e. The highest BCUT2D eigenvalue weighted by atomic mass is 16.5. The molecule has 1 heterocycles. The van der Waals surface area contributed by atoms with Crippen LogP contribution in [0.1, 0.15) is 44.9 Å². The van der Waals surface area contributed by atoms with Crippen LogP contribution in [0.3, 0.4) is 0 Å². The van der Waals surface area contributed by atoms with E-state index < -0.39 is 11.5 Å². The van der Waals surface area contributed by atoms with Crippen molar-refractivity contribution >= 4 is 11.9 Å². The van der Waals surface area contributed by atoms with Gasteiger partial charge in [-0.25, -0.2) is 4.79 Å². The fraction of sp³-hybridized carbons (Fsp3) is 0.857. The second kappa shape index (κ2) is 4.47. The van der Waals surface area contributed by atoms with Gasteiger partial charge in [0.2, 0.25) is 5.91 Å². The predicted octanol–water partition coefficient (Wildman–Crippen LogP) is 1.32. The zero-order chi connectivity index (χ0) is 13.5. The third-order valence-corrected chi connectivity index (χ3v) is 5.22. The topological polar surface area (TPSA) is 75.6 Å². The lowest BCUT2D eigenvalue weighted by atomic mass is 9.89. The van der Waals surface area contributed by atoms with Gasteiger partial charge in [0, 0.05) is 32.0 Å². The van der Waals surface area contributed by atoms with E-state index in [4.69, 9.17) is 4.74 Å². The number of carbonyl (C=O) groups excluding carboxylic acids is 1. The van der Waals surface area contributed by atoms with Crippen molar-refractivity contribution in [3.8, 4) is 0 Å². The third-order valence-electron chi connectivity index (χ3n) is 5.22. The number of hydrogen-bond acceptors (Lipinski definition) is 3. The first-order chi connectivity index (χ1) is 9.08. The molecule has 0 aromatic carbocycles. The average molecular weight is 267 g/mol. The number of ether oxygens (including phenoxy) is 1. The highest BCUT2D eigenvalue weighted by Crippen LogP contribution is 2.62. The summed E-state index contributed by atoms with van der Waals surface area (Å²) in [6.07, 6.45) is 6.37. The molecule has 3 fully saturated rings. The fourth-order valence-electron chi connectivity index (χ4n) is 3.79. The first-order valence-electron chi connectivity index (χ1n) is 7.21. The van der Waals surface area contributed by atoms with Gasteiger partial charge in [-0.15, -0.1) is 0 Å². The molecule has 0 aromatic heterocycles. The maximum absolute atomic E-state index is 12.3. The highest BCUT2D eigenvalue weighted by Gasteiger charge is 2.59. The standard InChI is InChI=1S/C14H21NO4/c16-11(10-9-13(10)3-1-2-4-13)15-14(12(17)18)5-7-19-8-6-14/h10H,1-9H2,(H,15,16)(H,17,18). The molecule has 1 amide bonds. The minimum atomic E-state index is -1.10. The normalized spacial score (nSPS) is 31.1. The quantitative estimate of drug-likeness (QED) is 0.808. The van der Waals surface area contributed by atoms with E-state index in [1.54, 1.807) is 0 Å². The maximum Gasteiger partial charge on any atom is 0.329 e. The Bertz CT molecular complexity index is 394. The van der Waals surface area contributed by atoms with E-state index in [1.165, 1.54) is 12.8 Å². The van der Waals surface area contributed by atoms with Crippen LogP contribution in [0, 0.1) is 11.3 Å². The van der Waals surface area contributed by atoms with Gasteiger partial charge in [-0.1, -0.05) is 12.8 Å². The summed E-state index contributed by atoms with van der Waals surface area (Å²) in [6.45, 7) is 0.810. The van der Waals surface area contributed by atoms with Crippen LogP contribution < -0.4 is 5.32 Å². The van der Waals surface area contributed by atoms with E-state index in [1.807, 2.05) is 0 Å². The molecule has 3 aliphatic rings. The Morgan fingerprint density at radius 1 is 1.11 bits per heavy atom. The van der Waals surface area contributed by atoms with Gasteiger partial charge in [0.05, 0.1) is 0 Å². The third kappa shape index (κ3) is 2.14. The minimum absolute atomic E-state index is 0.0498. The van der Waals surface area contributed by atoms with Crippen LogP contribution >= 0.6 is 0 Å². The van der Waals surface area contributed by atoms with Crippen LogP contribution in [0.2, 0.25) is 0 Å². The van der Waals surface area contributed by atoms with E-state index in [-0.39, 0.29) is 17.2 Å². The van der Waals surface area contributed by atoms with E-state index >= 15 is 0 Å². The van der Waals surface area contributed by atoms with Crippen LogP contribution in [-0.4, -0.2) is 35.7 Å². The summed E-state index contributed by atoms with van der Waals surface area (Å²) in [7, 11) is 0. The largest absolute Gasteiger partial charge is 0.480 e. The molecule has 0 aromatic rings. The molecule has 2 aliphatic carbocycles. The van der Waals surface area contributed by atoms with Crippen LogP contribution in [0.5, 0.6) is 0 Å². The number of hydrogen-bond donors (Lipinski definition) is 2. The van der Waals surface area contributed by atoms with E-state index in [9.17, 15) is 14.7 Å². The summed E-state index contributed by atoms with van der Waals surface area (Å²) < 4.78 is 5.21. The lowest BCUT2D eigenvalue weighted by Crippen LogP contribution is -2.58. The SMILES string of the molecule is O=C(NC1(C(=O)O)CCOCC1)C1CC12CCCC2. The van der Waals surface area contributed by atoms with Crippen molar-refractivity contribution < 1.29 is 19.4 Å². The average Bonchev–Trinajstić information content (AvgIpc) is 2.89. The van der Waals surface area contributed by atoms with Gasteiger partial charge in [0.1, 0.15) is 5.54 Å². The Kier molecular flexibility index (Phi) is 3.04. The first-order valence-corrected chi connectivity index (χ1v) is 7.21. The number of nitrogens with one attached hydrogen (secondary N) is 1. The molecule has 0 radical (unpaired) electrons. The van der Waals surface area contributed by atoms with Gasteiger partial charge < -0.3 is 15.2 Å². The number of amides is 1.